The zero-order chi connectivity index (χ0) is 35.3. The van der Waals surface area contributed by atoms with Gasteiger partial charge in [0.05, 0.1) is 26.9 Å². The van der Waals surface area contributed by atoms with Crippen molar-refractivity contribution in [2.24, 2.45) is 0 Å². The Hall–Kier alpha value is -5.01. The molecule has 4 aromatic rings. The van der Waals surface area contributed by atoms with Crippen LogP contribution in [0.2, 0.25) is 0 Å². The first-order valence-electron chi connectivity index (χ1n) is 16.4. The number of methoxy groups -OCH3 is 2. The van der Waals surface area contributed by atoms with Crippen molar-refractivity contribution in [3.05, 3.63) is 103 Å². The highest BCUT2D eigenvalue weighted by Gasteiger charge is 2.19. The Morgan fingerprint density at radius 2 is 1.20 bits per heavy atom. The minimum absolute atomic E-state index is 0.0940. The summed E-state index contributed by atoms with van der Waals surface area (Å²) in [4.78, 5) is 53.1. The van der Waals surface area contributed by atoms with Crippen molar-refractivity contribution in [3.63, 3.8) is 0 Å². The summed E-state index contributed by atoms with van der Waals surface area (Å²) in [5.41, 5.74) is 6.40. The maximum absolute atomic E-state index is 11.4. The lowest BCUT2D eigenvalue weighted by molar-refractivity contribution is 0.112. The molecule has 2 aliphatic rings. The number of aromatic nitrogens is 4. The van der Waals surface area contributed by atoms with Crippen molar-refractivity contribution in [2.75, 3.05) is 76.4 Å². The topological polar surface area (TPSA) is 149 Å². The molecule has 2 aromatic carbocycles. The Morgan fingerprint density at radius 1 is 0.694 bits per heavy atom. The molecule has 3 N–H and O–H groups in total. The van der Waals surface area contributed by atoms with Crippen LogP contribution in [0.5, 0.6) is 11.5 Å². The largest absolute Gasteiger partial charge is 0.496 e. The summed E-state index contributed by atoms with van der Waals surface area (Å²) in [5, 5.41) is 3.24. The van der Waals surface area contributed by atoms with Crippen LogP contribution in [0.4, 0.5) is 11.6 Å². The van der Waals surface area contributed by atoms with Gasteiger partial charge in [-0.3, -0.25) is 19.3 Å². The third-order valence-electron chi connectivity index (χ3n) is 9.05. The summed E-state index contributed by atoms with van der Waals surface area (Å²) >= 11 is 0. The fourth-order valence-corrected chi connectivity index (χ4v) is 5.74. The van der Waals surface area contributed by atoms with Gasteiger partial charge in [-0.15, -0.1) is 0 Å². The van der Waals surface area contributed by atoms with E-state index in [1.165, 1.54) is 35.4 Å². The van der Waals surface area contributed by atoms with Crippen molar-refractivity contribution in [2.45, 2.75) is 34.2 Å². The molecule has 0 spiro atoms. The fourth-order valence-electron chi connectivity index (χ4n) is 5.74. The maximum atomic E-state index is 11.4. The Bertz CT molecular complexity index is 1790. The molecular formula is C36H48N8O5. The SMILES string of the molecule is COc1ccc(C=O)c(C)c1C.COc1ccc(CN2CCN(c3cc(=O)[nH]cn3)CC2)c(C)c1C.O=c1cc(N2CCNCC2)nc[nH]1. The van der Waals surface area contributed by atoms with E-state index in [0.717, 1.165) is 105 Å². The van der Waals surface area contributed by atoms with E-state index in [-0.39, 0.29) is 11.1 Å². The van der Waals surface area contributed by atoms with Gasteiger partial charge < -0.3 is 34.6 Å². The number of benzene rings is 2. The summed E-state index contributed by atoms with van der Waals surface area (Å²) in [7, 11) is 3.34. The highest BCUT2D eigenvalue weighted by Crippen LogP contribution is 2.25. The molecule has 0 aliphatic carbocycles. The summed E-state index contributed by atoms with van der Waals surface area (Å²) in [6.45, 7) is 16.5. The smallest absolute Gasteiger partial charge is 0.252 e. The average Bonchev–Trinajstić information content (AvgIpc) is 3.13. The molecule has 4 heterocycles. The van der Waals surface area contributed by atoms with Crippen LogP contribution in [0, 0.1) is 27.7 Å². The van der Waals surface area contributed by atoms with Gasteiger partial charge in [-0.2, -0.15) is 0 Å². The predicted molar refractivity (Wildman–Crippen MR) is 193 cm³/mol. The van der Waals surface area contributed by atoms with Gasteiger partial charge >= 0.3 is 0 Å². The minimum atomic E-state index is -0.105. The van der Waals surface area contributed by atoms with Crippen LogP contribution in [0.15, 0.2) is 58.6 Å². The summed E-state index contributed by atoms with van der Waals surface area (Å²) < 4.78 is 10.5. The Morgan fingerprint density at radius 3 is 1.71 bits per heavy atom. The third-order valence-corrected chi connectivity index (χ3v) is 9.05. The lowest BCUT2D eigenvalue weighted by Gasteiger charge is -2.35. The maximum Gasteiger partial charge on any atom is 0.252 e. The quantitative estimate of drug-likeness (QED) is 0.249. The molecule has 0 radical (unpaired) electrons. The number of carbonyl (C=O) groups excluding carboxylic acids is 1. The molecular weight excluding hydrogens is 624 g/mol. The number of hydrogen-bond donors (Lipinski definition) is 3. The van der Waals surface area contributed by atoms with Crippen LogP contribution in [-0.2, 0) is 6.54 Å². The number of anilines is 2. The second-order valence-electron chi connectivity index (χ2n) is 11.9. The molecule has 0 saturated carbocycles. The van der Waals surface area contributed by atoms with Gasteiger partial charge in [-0.1, -0.05) is 6.07 Å². The van der Waals surface area contributed by atoms with Gasteiger partial charge in [0, 0.05) is 76.6 Å². The van der Waals surface area contributed by atoms with E-state index in [2.05, 4.69) is 59.9 Å². The Balaban J connectivity index is 0.000000182. The Labute approximate surface area is 287 Å². The molecule has 13 heteroatoms. The highest BCUT2D eigenvalue weighted by atomic mass is 16.5. The normalized spacial score (nSPS) is 14.6. The van der Waals surface area contributed by atoms with Crippen molar-refractivity contribution in [3.8, 4) is 11.5 Å². The van der Waals surface area contributed by atoms with Crippen LogP contribution in [0.1, 0.15) is 38.2 Å². The number of H-pyrrole nitrogens is 2. The van der Waals surface area contributed by atoms with E-state index >= 15 is 0 Å². The predicted octanol–water partition coefficient (Wildman–Crippen LogP) is 3.02. The zero-order valence-electron chi connectivity index (χ0n) is 29.3. The van der Waals surface area contributed by atoms with Crippen LogP contribution >= 0.6 is 0 Å². The monoisotopic (exact) mass is 672 g/mol. The fraction of sp³-hybridized carbons (Fsp3) is 0.417. The van der Waals surface area contributed by atoms with Gasteiger partial charge in [0.15, 0.2) is 0 Å². The number of carbonyl (C=O) groups is 1. The van der Waals surface area contributed by atoms with E-state index in [1.54, 1.807) is 26.4 Å². The summed E-state index contributed by atoms with van der Waals surface area (Å²) in [5.74, 6) is 3.31. The van der Waals surface area contributed by atoms with Crippen molar-refractivity contribution in [1.82, 2.24) is 30.2 Å². The Kier molecular flexibility index (Phi) is 13.5. The van der Waals surface area contributed by atoms with Crippen molar-refractivity contribution < 1.29 is 14.3 Å². The molecule has 0 atom stereocenters. The summed E-state index contributed by atoms with van der Waals surface area (Å²) in [6, 6.07) is 10.9. The molecule has 2 aromatic heterocycles. The number of aromatic amines is 2. The number of nitrogens with zero attached hydrogens (tertiary/aromatic N) is 5. The molecule has 2 fully saturated rings. The first kappa shape index (κ1) is 36.8. The zero-order valence-corrected chi connectivity index (χ0v) is 29.3. The van der Waals surface area contributed by atoms with Crippen LogP contribution in [-0.4, -0.2) is 97.7 Å². The summed E-state index contributed by atoms with van der Waals surface area (Å²) in [6.07, 6.45) is 3.77. The molecule has 13 nitrogen and oxygen atoms in total. The molecule has 2 saturated heterocycles. The van der Waals surface area contributed by atoms with E-state index < -0.39 is 0 Å². The standard InChI is InChI=1S/C18H24N4O2.C10H12O2.C8H12N4O/c1-13-14(2)16(24-3)5-4-15(13)11-21-6-8-22(9-7-21)17-10-18(23)20-12-19-17;1-7-8(2)10(12-3)5-4-9(7)6-11;13-8-5-7(10-6-11-8)12-3-1-9-2-4-12/h4-5,10,12H,6-9,11H2,1-3H3,(H,19,20,23);4-6H,1-3H3;5-6,9H,1-4H2,(H,10,11,13). The van der Waals surface area contributed by atoms with Crippen LogP contribution in [0.3, 0.4) is 0 Å². The van der Waals surface area contributed by atoms with E-state index in [9.17, 15) is 14.4 Å². The molecule has 6 rings (SSSR count). The van der Waals surface area contributed by atoms with Crippen LogP contribution < -0.4 is 35.7 Å². The molecule has 2 aliphatic heterocycles. The molecule has 0 bridgehead atoms. The number of aldehydes is 1. The molecule has 49 heavy (non-hydrogen) atoms. The number of nitrogens with one attached hydrogen (secondary N) is 3. The van der Waals surface area contributed by atoms with E-state index in [0.29, 0.717) is 0 Å². The number of rotatable bonds is 7. The van der Waals surface area contributed by atoms with Gasteiger partial charge in [-0.05, 0) is 73.7 Å². The molecule has 262 valence electrons. The molecule has 0 unspecified atom stereocenters. The number of ether oxygens (including phenoxy) is 2. The third kappa shape index (κ3) is 10.00. The van der Waals surface area contributed by atoms with Crippen LogP contribution in [0.25, 0.3) is 0 Å². The first-order chi connectivity index (χ1) is 23.6. The van der Waals surface area contributed by atoms with Gasteiger partial charge in [0.25, 0.3) is 11.1 Å². The number of piperazine rings is 2. The highest BCUT2D eigenvalue weighted by molar-refractivity contribution is 5.78. The first-order valence-corrected chi connectivity index (χ1v) is 16.4. The van der Waals surface area contributed by atoms with Crippen molar-refractivity contribution >= 4 is 17.9 Å². The van der Waals surface area contributed by atoms with E-state index in [4.69, 9.17) is 9.47 Å². The molecule has 0 amide bonds. The lowest BCUT2D eigenvalue weighted by Crippen LogP contribution is -2.46. The second-order valence-corrected chi connectivity index (χ2v) is 11.9. The van der Waals surface area contributed by atoms with Gasteiger partial charge in [-0.25, -0.2) is 9.97 Å². The van der Waals surface area contributed by atoms with E-state index in [1.807, 2.05) is 26.0 Å². The second kappa shape index (κ2) is 17.9. The number of hydrogen-bond acceptors (Lipinski definition) is 11. The van der Waals surface area contributed by atoms with Gasteiger partial charge in [0.2, 0.25) is 0 Å². The lowest BCUT2D eigenvalue weighted by atomic mass is 10.0. The van der Waals surface area contributed by atoms with Gasteiger partial charge in [0.1, 0.15) is 29.4 Å². The minimum Gasteiger partial charge on any atom is -0.496 e. The average molecular weight is 673 g/mol. The van der Waals surface area contributed by atoms with Crippen molar-refractivity contribution in [1.29, 1.82) is 0 Å².